The van der Waals surface area contributed by atoms with E-state index in [-0.39, 0.29) is 5.91 Å². The van der Waals surface area contributed by atoms with Crippen LogP contribution >= 0.6 is 0 Å². The number of aromatic amines is 1. The number of hydrogen-bond donors (Lipinski definition) is 1. The third kappa shape index (κ3) is 4.71. The summed E-state index contributed by atoms with van der Waals surface area (Å²) in [5.74, 6) is 0.108. The van der Waals surface area contributed by atoms with Crippen LogP contribution in [0.15, 0.2) is 42.7 Å². The first-order valence-electron chi connectivity index (χ1n) is 11.9. The lowest BCUT2D eigenvalue weighted by Gasteiger charge is -2.28. The fourth-order valence-corrected chi connectivity index (χ4v) is 4.99. The van der Waals surface area contributed by atoms with Crippen LogP contribution in [0.2, 0.25) is 0 Å². The number of rotatable bonds is 7. The van der Waals surface area contributed by atoms with E-state index in [4.69, 9.17) is 4.74 Å². The Bertz CT molecular complexity index is 1060. The maximum absolute atomic E-state index is 13.6. The van der Waals surface area contributed by atoms with E-state index in [0.29, 0.717) is 6.54 Å². The van der Waals surface area contributed by atoms with Gasteiger partial charge in [-0.1, -0.05) is 0 Å². The highest BCUT2D eigenvalue weighted by atomic mass is 16.5. The van der Waals surface area contributed by atoms with Gasteiger partial charge in [0.2, 0.25) is 0 Å². The molecule has 1 saturated heterocycles. The largest absolute Gasteiger partial charge is 0.379 e. The van der Waals surface area contributed by atoms with Gasteiger partial charge in [-0.2, -0.15) is 0 Å². The minimum Gasteiger partial charge on any atom is -0.379 e. The van der Waals surface area contributed by atoms with Gasteiger partial charge in [-0.15, -0.1) is 0 Å². The number of nitrogens with zero attached hydrogens (tertiary/aromatic N) is 3. The number of fused-ring (bicyclic) bond motifs is 3. The summed E-state index contributed by atoms with van der Waals surface area (Å²) in [5, 5.41) is 1.22. The molecule has 2 aromatic heterocycles. The van der Waals surface area contributed by atoms with E-state index in [0.717, 1.165) is 75.3 Å². The van der Waals surface area contributed by atoms with E-state index in [1.165, 1.54) is 29.5 Å². The summed E-state index contributed by atoms with van der Waals surface area (Å²) < 4.78 is 5.46. The summed E-state index contributed by atoms with van der Waals surface area (Å²) in [7, 11) is 0. The highest BCUT2D eigenvalue weighted by Gasteiger charge is 2.20. The van der Waals surface area contributed by atoms with Crippen LogP contribution in [0, 0.1) is 0 Å². The van der Waals surface area contributed by atoms with E-state index in [9.17, 15) is 4.79 Å². The molecule has 3 aromatic rings. The van der Waals surface area contributed by atoms with Crippen LogP contribution in [-0.4, -0.2) is 65.1 Å². The van der Waals surface area contributed by atoms with Gasteiger partial charge in [0.1, 0.15) is 0 Å². The Kier molecular flexibility index (Phi) is 6.51. The lowest BCUT2D eigenvalue weighted by molar-refractivity contribution is 0.0355. The van der Waals surface area contributed by atoms with Gasteiger partial charge in [0, 0.05) is 67.3 Å². The number of H-pyrrole nitrogens is 1. The van der Waals surface area contributed by atoms with Crippen LogP contribution in [0.1, 0.15) is 46.4 Å². The summed E-state index contributed by atoms with van der Waals surface area (Å²) in [6, 6.07) is 10.2. The van der Waals surface area contributed by atoms with Crippen molar-refractivity contribution in [2.75, 3.05) is 39.4 Å². The van der Waals surface area contributed by atoms with Gasteiger partial charge in [-0.05, 0) is 73.6 Å². The van der Waals surface area contributed by atoms with Gasteiger partial charge in [-0.25, -0.2) is 0 Å². The normalized spacial score (nSPS) is 16.8. The molecule has 1 N–H and O–H groups in total. The van der Waals surface area contributed by atoms with Gasteiger partial charge in [0.05, 0.1) is 13.2 Å². The lowest BCUT2D eigenvalue weighted by atomic mass is 9.95. The number of carbonyl (C=O) groups is 1. The Morgan fingerprint density at radius 3 is 2.75 bits per heavy atom. The number of hydrogen-bond acceptors (Lipinski definition) is 4. The number of morpholine rings is 1. The van der Waals surface area contributed by atoms with E-state index in [1.54, 1.807) is 12.4 Å². The average molecular weight is 433 g/mol. The second-order valence-electron chi connectivity index (χ2n) is 8.94. The first-order chi connectivity index (χ1) is 15.8. The number of aromatic nitrogens is 2. The second kappa shape index (κ2) is 9.84. The molecule has 2 aliphatic rings. The monoisotopic (exact) mass is 432 g/mol. The Morgan fingerprint density at radius 1 is 1.09 bits per heavy atom. The van der Waals surface area contributed by atoms with Gasteiger partial charge >= 0.3 is 0 Å². The van der Waals surface area contributed by atoms with Crippen molar-refractivity contribution >= 4 is 16.8 Å². The molecule has 6 heteroatoms. The van der Waals surface area contributed by atoms with Crippen molar-refractivity contribution in [3.8, 4) is 0 Å². The fourth-order valence-electron chi connectivity index (χ4n) is 4.99. The minimum absolute atomic E-state index is 0.108. The van der Waals surface area contributed by atoms with Gasteiger partial charge in [0.15, 0.2) is 0 Å². The molecular formula is C26H32N4O2. The van der Waals surface area contributed by atoms with Crippen molar-refractivity contribution in [2.24, 2.45) is 0 Å². The molecule has 168 valence electrons. The summed E-state index contributed by atoms with van der Waals surface area (Å²) in [6.45, 7) is 5.91. The smallest absolute Gasteiger partial charge is 0.254 e. The Balaban J connectivity index is 1.35. The highest BCUT2D eigenvalue weighted by Crippen LogP contribution is 2.30. The molecule has 0 atom stereocenters. The zero-order chi connectivity index (χ0) is 21.8. The van der Waals surface area contributed by atoms with Crippen molar-refractivity contribution in [2.45, 2.75) is 38.6 Å². The molecule has 0 bridgehead atoms. The van der Waals surface area contributed by atoms with Crippen molar-refractivity contribution in [1.82, 2.24) is 19.8 Å². The van der Waals surface area contributed by atoms with Gasteiger partial charge in [0.25, 0.3) is 5.91 Å². The molecule has 5 rings (SSSR count). The molecule has 0 spiro atoms. The quantitative estimate of drug-likeness (QED) is 0.617. The zero-order valence-corrected chi connectivity index (χ0v) is 18.7. The molecule has 3 heterocycles. The second-order valence-corrected chi connectivity index (χ2v) is 8.94. The van der Waals surface area contributed by atoms with E-state index in [2.05, 4.69) is 27.0 Å². The lowest BCUT2D eigenvalue weighted by Crippen LogP contribution is -2.39. The average Bonchev–Trinajstić information content (AvgIpc) is 3.22. The van der Waals surface area contributed by atoms with Crippen LogP contribution < -0.4 is 0 Å². The summed E-state index contributed by atoms with van der Waals surface area (Å²) in [4.78, 5) is 25.8. The number of ether oxygens (including phenoxy) is 1. The maximum Gasteiger partial charge on any atom is 0.254 e. The first kappa shape index (κ1) is 21.2. The number of nitrogens with one attached hydrogen (secondary N) is 1. The predicted molar refractivity (Wildman–Crippen MR) is 126 cm³/mol. The molecule has 0 radical (unpaired) electrons. The summed E-state index contributed by atoms with van der Waals surface area (Å²) >= 11 is 0. The number of carbonyl (C=O) groups excluding carboxylic acids is 1. The molecule has 1 amide bonds. The fraction of sp³-hybridized carbons (Fsp3) is 0.462. The molecule has 1 aromatic carbocycles. The minimum atomic E-state index is 0.108. The van der Waals surface area contributed by atoms with Crippen molar-refractivity contribution in [3.63, 3.8) is 0 Å². The first-order valence-corrected chi connectivity index (χ1v) is 11.9. The standard InChI is InChI=1S/C26H32N4O2/c31-26(21-6-7-25-23(18-21)22-4-1-2-5-24(22)28-25)30(19-20-8-10-27-11-9-20)13-3-12-29-14-16-32-17-15-29/h6-11,18,28H,1-5,12-17,19H2. The summed E-state index contributed by atoms with van der Waals surface area (Å²) in [6.07, 6.45) is 9.24. The molecule has 0 unspecified atom stereocenters. The third-order valence-corrected chi connectivity index (χ3v) is 6.76. The third-order valence-electron chi connectivity index (χ3n) is 6.76. The maximum atomic E-state index is 13.6. The van der Waals surface area contributed by atoms with Crippen molar-refractivity contribution in [3.05, 3.63) is 65.1 Å². The number of aryl methyl sites for hydroxylation is 2. The Labute approximate surface area is 189 Å². The molecular weight excluding hydrogens is 400 g/mol. The van der Waals surface area contributed by atoms with E-state index < -0.39 is 0 Å². The molecule has 1 fully saturated rings. The van der Waals surface area contributed by atoms with E-state index in [1.807, 2.05) is 23.1 Å². The summed E-state index contributed by atoms with van der Waals surface area (Å²) in [5.41, 5.74) is 5.82. The highest BCUT2D eigenvalue weighted by molar-refractivity contribution is 5.99. The van der Waals surface area contributed by atoms with Crippen LogP contribution in [0.3, 0.4) is 0 Å². The molecule has 32 heavy (non-hydrogen) atoms. The number of benzene rings is 1. The Hall–Kier alpha value is -2.70. The Morgan fingerprint density at radius 2 is 1.91 bits per heavy atom. The van der Waals surface area contributed by atoms with E-state index >= 15 is 0 Å². The topological polar surface area (TPSA) is 61.5 Å². The van der Waals surface area contributed by atoms with Crippen LogP contribution in [-0.2, 0) is 24.1 Å². The molecule has 0 saturated carbocycles. The van der Waals surface area contributed by atoms with Gasteiger partial charge < -0.3 is 14.6 Å². The van der Waals surface area contributed by atoms with Crippen molar-refractivity contribution in [1.29, 1.82) is 0 Å². The van der Waals surface area contributed by atoms with Crippen molar-refractivity contribution < 1.29 is 9.53 Å². The van der Waals surface area contributed by atoms with Crippen LogP contribution in [0.4, 0.5) is 0 Å². The van der Waals surface area contributed by atoms with Gasteiger partial charge in [-0.3, -0.25) is 14.7 Å². The van der Waals surface area contributed by atoms with Crippen LogP contribution in [0.25, 0.3) is 10.9 Å². The molecule has 1 aliphatic carbocycles. The zero-order valence-electron chi connectivity index (χ0n) is 18.7. The number of amides is 1. The molecule has 1 aliphatic heterocycles. The SMILES string of the molecule is O=C(c1ccc2[nH]c3c(c2c1)CCCC3)N(CCCN1CCOCC1)Cc1ccncc1. The number of pyridine rings is 1. The predicted octanol–water partition coefficient (Wildman–Crippen LogP) is 3.81. The molecule has 6 nitrogen and oxygen atoms in total. The van der Waals surface area contributed by atoms with Crippen LogP contribution in [0.5, 0.6) is 0 Å².